The fraction of sp³-hybridized carbons (Fsp3) is 0.778. The minimum Gasteiger partial charge on any atom is -0.462 e. The van der Waals surface area contributed by atoms with Gasteiger partial charge in [0.25, 0.3) is 0 Å². The van der Waals surface area contributed by atoms with Crippen LogP contribution in [0.1, 0.15) is 20.3 Å². The first kappa shape index (κ1) is 13.8. The number of ether oxygens (including phenoxy) is 2. The van der Waals surface area contributed by atoms with Crippen LogP contribution in [-0.2, 0) is 19.1 Å². The number of thioether (sulfide) groups is 1. The first-order valence-electron chi connectivity index (χ1n) is 5.03. The van der Waals surface area contributed by atoms with Crippen LogP contribution in [0.3, 0.4) is 0 Å². The predicted octanol–water partition coefficient (Wildman–Crippen LogP) is 1.62. The van der Waals surface area contributed by atoms with Crippen molar-refractivity contribution in [3.8, 4) is 0 Å². The van der Waals surface area contributed by atoms with Crippen molar-refractivity contribution in [2.75, 3.05) is 6.61 Å². The van der Waals surface area contributed by atoms with Gasteiger partial charge in [-0.25, -0.2) is 0 Å². The zero-order valence-electron chi connectivity index (χ0n) is 9.53. The van der Waals surface area contributed by atoms with Crippen LogP contribution < -0.4 is 0 Å². The third-order valence-corrected chi connectivity index (χ3v) is 3.04. The Bertz CT molecular complexity index is 356. The Balaban J connectivity index is 2.65. The molecular weight excluding hydrogens is 246 g/mol. The third-order valence-electron chi connectivity index (χ3n) is 2.12. The molecule has 0 bridgehead atoms. The summed E-state index contributed by atoms with van der Waals surface area (Å²) in [6, 6.07) is -0.535. The Morgan fingerprint density at radius 3 is 2.76 bits per heavy atom. The molecule has 0 saturated carbocycles. The summed E-state index contributed by atoms with van der Waals surface area (Å²) in [6.45, 7) is 2.87. The molecule has 3 unspecified atom stereocenters. The highest BCUT2D eigenvalue weighted by Gasteiger charge is 2.33. The Morgan fingerprint density at radius 1 is 1.53 bits per heavy atom. The number of carbonyl (C=O) groups is 2. The molecule has 3 atom stereocenters. The van der Waals surface area contributed by atoms with E-state index in [1.54, 1.807) is 0 Å². The highest BCUT2D eigenvalue weighted by Crippen LogP contribution is 2.27. The van der Waals surface area contributed by atoms with Gasteiger partial charge in [-0.2, -0.15) is 0 Å². The fourth-order valence-corrected chi connectivity index (χ4v) is 2.31. The maximum absolute atomic E-state index is 10.9. The maximum atomic E-state index is 10.9. The molecule has 94 valence electrons. The molecule has 1 heterocycles. The molecule has 0 aromatic heterocycles. The molecule has 8 heteroatoms. The van der Waals surface area contributed by atoms with Gasteiger partial charge in [0.1, 0.15) is 11.5 Å². The third kappa shape index (κ3) is 4.64. The molecule has 1 aliphatic heterocycles. The highest BCUT2D eigenvalue weighted by molar-refractivity contribution is 8.13. The van der Waals surface area contributed by atoms with Crippen molar-refractivity contribution >= 4 is 22.8 Å². The zero-order valence-corrected chi connectivity index (χ0v) is 10.3. The van der Waals surface area contributed by atoms with Crippen LogP contribution in [0.4, 0.5) is 0 Å². The monoisotopic (exact) mass is 259 g/mol. The zero-order chi connectivity index (χ0) is 12.8. The molecule has 1 rings (SSSR count). The normalized spacial score (nSPS) is 28.0. The number of esters is 1. The summed E-state index contributed by atoms with van der Waals surface area (Å²) in [7, 11) is 0. The van der Waals surface area contributed by atoms with E-state index in [1.165, 1.54) is 13.8 Å². The molecule has 0 aliphatic carbocycles. The molecular formula is C9H13N3O4S. The number of azide groups is 1. The summed E-state index contributed by atoms with van der Waals surface area (Å²) >= 11 is 1.04. The Labute approximate surface area is 102 Å². The van der Waals surface area contributed by atoms with Crippen LogP contribution in [0, 0.1) is 0 Å². The Kier molecular flexibility index (Phi) is 5.27. The molecule has 0 spiro atoms. The van der Waals surface area contributed by atoms with Gasteiger partial charge < -0.3 is 9.47 Å². The lowest BCUT2D eigenvalue weighted by Crippen LogP contribution is -2.41. The number of rotatable bonds is 3. The summed E-state index contributed by atoms with van der Waals surface area (Å²) in [5, 5.41) is 3.45. The minimum absolute atomic E-state index is 0.0705. The second-order valence-corrected chi connectivity index (χ2v) is 4.86. The van der Waals surface area contributed by atoms with Gasteiger partial charge in [0.05, 0.1) is 12.6 Å². The average Bonchev–Trinajstić information content (AvgIpc) is 2.20. The SMILES string of the molecule is CC(=O)OC1CC(SC(C)=O)OCC1N=[N+]=[N-]. The van der Waals surface area contributed by atoms with Crippen LogP contribution in [0.25, 0.3) is 10.4 Å². The van der Waals surface area contributed by atoms with E-state index >= 15 is 0 Å². The molecule has 0 amide bonds. The second-order valence-electron chi connectivity index (χ2n) is 3.53. The smallest absolute Gasteiger partial charge is 0.302 e. The van der Waals surface area contributed by atoms with Gasteiger partial charge >= 0.3 is 5.97 Å². The number of nitrogens with zero attached hydrogens (tertiary/aromatic N) is 3. The first-order chi connectivity index (χ1) is 8.02. The molecule has 7 nitrogen and oxygen atoms in total. The van der Waals surface area contributed by atoms with Gasteiger partial charge in [-0.1, -0.05) is 16.9 Å². The van der Waals surface area contributed by atoms with Crippen LogP contribution in [-0.4, -0.2) is 35.3 Å². The molecule has 1 fully saturated rings. The van der Waals surface area contributed by atoms with E-state index in [1.807, 2.05) is 0 Å². The first-order valence-corrected chi connectivity index (χ1v) is 5.91. The molecule has 1 aliphatic rings. The second kappa shape index (κ2) is 6.48. The number of hydrogen-bond donors (Lipinski definition) is 0. The van der Waals surface area contributed by atoms with Gasteiger partial charge in [-0.05, 0) is 5.53 Å². The van der Waals surface area contributed by atoms with E-state index < -0.39 is 18.1 Å². The standard InChI is InChI=1S/C9H13N3O4S/c1-5(13)16-8-3-9(17-6(2)14)15-4-7(8)11-12-10/h7-9H,3-4H2,1-2H3. The van der Waals surface area contributed by atoms with Crippen molar-refractivity contribution in [1.29, 1.82) is 0 Å². The number of carbonyl (C=O) groups excluding carboxylic acids is 2. The molecule has 0 aromatic rings. The lowest BCUT2D eigenvalue weighted by Gasteiger charge is -2.32. The molecule has 0 N–H and O–H groups in total. The minimum atomic E-state index is -0.535. The predicted molar refractivity (Wildman–Crippen MR) is 61.1 cm³/mol. The van der Waals surface area contributed by atoms with E-state index in [0.29, 0.717) is 6.42 Å². The maximum Gasteiger partial charge on any atom is 0.302 e. The van der Waals surface area contributed by atoms with Crippen LogP contribution in [0.15, 0.2) is 5.11 Å². The van der Waals surface area contributed by atoms with Crippen molar-refractivity contribution in [2.45, 2.75) is 37.9 Å². The molecule has 17 heavy (non-hydrogen) atoms. The average molecular weight is 259 g/mol. The topological polar surface area (TPSA) is 101 Å². The van der Waals surface area contributed by atoms with E-state index in [-0.39, 0.29) is 17.2 Å². The van der Waals surface area contributed by atoms with E-state index in [4.69, 9.17) is 15.0 Å². The lowest BCUT2D eigenvalue weighted by atomic mass is 10.1. The van der Waals surface area contributed by atoms with Crippen LogP contribution in [0.5, 0.6) is 0 Å². The summed E-state index contributed by atoms with van der Waals surface area (Å²) < 4.78 is 10.4. The summed E-state index contributed by atoms with van der Waals surface area (Å²) in [4.78, 5) is 24.5. The van der Waals surface area contributed by atoms with Crippen molar-refractivity contribution in [3.05, 3.63) is 10.4 Å². The van der Waals surface area contributed by atoms with Crippen molar-refractivity contribution in [2.24, 2.45) is 5.11 Å². The molecule has 0 aromatic carbocycles. The van der Waals surface area contributed by atoms with E-state index in [9.17, 15) is 9.59 Å². The summed E-state index contributed by atoms with van der Waals surface area (Å²) in [5.41, 5.74) is 8.03. The summed E-state index contributed by atoms with van der Waals surface area (Å²) in [6.07, 6.45) is -0.193. The van der Waals surface area contributed by atoms with Gasteiger partial charge in [0, 0.05) is 25.2 Å². The van der Waals surface area contributed by atoms with E-state index in [2.05, 4.69) is 10.0 Å². The van der Waals surface area contributed by atoms with E-state index in [0.717, 1.165) is 11.8 Å². The van der Waals surface area contributed by atoms with Gasteiger partial charge in [-0.15, -0.1) is 0 Å². The lowest BCUT2D eigenvalue weighted by molar-refractivity contribution is -0.152. The van der Waals surface area contributed by atoms with Crippen molar-refractivity contribution in [1.82, 2.24) is 0 Å². The highest BCUT2D eigenvalue weighted by atomic mass is 32.2. The van der Waals surface area contributed by atoms with Crippen LogP contribution >= 0.6 is 11.8 Å². The molecule has 1 saturated heterocycles. The quantitative estimate of drug-likeness (QED) is 0.331. The Hall–Kier alpha value is -1.24. The van der Waals surface area contributed by atoms with Crippen LogP contribution in [0.2, 0.25) is 0 Å². The number of hydrogen-bond acceptors (Lipinski definition) is 6. The van der Waals surface area contributed by atoms with Crippen molar-refractivity contribution in [3.63, 3.8) is 0 Å². The van der Waals surface area contributed by atoms with Gasteiger partial charge in [0.2, 0.25) is 0 Å². The van der Waals surface area contributed by atoms with Gasteiger partial charge in [-0.3, -0.25) is 9.59 Å². The summed E-state index contributed by atoms with van der Waals surface area (Å²) in [5.74, 6) is -0.443. The fourth-order valence-electron chi connectivity index (χ4n) is 1.51. The Morgan fingerprint density at radius 2 is 2.24 bits per heavy atom. The van der Waals surface area contributed by atoms with Gasteiger partial charge in [0.15, 0.2) is 5.12 Å². The molecule has 0 radical (unpaired) electrons. The van der Waals surface area contributed by atoms with Crippen molar-refractivity contribution < 1.29 is 19.1 Å². The largest absolute Gasteiger partial charge is 0.462 e.